The van der Waals surface area contributed by atoms with Crippen molar-refractivity contribution in [3.8, 4) is 0 Å². The molecular formula is C10H10FN3O5S. The van der Waals surface area contributed by atoms with Gasteiger partial charge in [-0.25, -0.2) is 17.9 Å². The number of rotatable bonds is 3. The molecule has 1 aromatic carbocycles. The summed E-state index contributed by atoms with van der Waals surface area (Å²) < 4.78 is 35.7. The van der Waals surface area contributed by atoms with Gasteiger partial charge in [-0.05, 0) is 6.07 Å². The number of nitrogens with zero attached hydrogens (tertiary/aromatic N) is 2. The normalized spacial score (nSPS) is 19.4. The number of carbonyl (C=O) groups is 1. The lowest BCUT2D eigenvalue weighted by Crippen LogP contribution is -2.32. The molecule has 0 saturated carbocycles. The Balaban J connectivity index is 2.45. The van der Waals surface area contributed by atoms with E-state index in [0.29, 0.717) is 0 Å². The molecule has 1 aliphatic heterocycles. The quantitative estimate of drug-likeness (QED) is 0.627. The summed E-state index contributed by atoms with van der Waals surface area (Å²) >= 11 is 0. The molecule has 0 aliphatic carbocycles. The molecule has 1 aliphatic rings. The fourth-order valence-corrected chi connectivity index (χ4v) is 2.73. The molecule has 0 aromatic heterocycles. The molecule has 2 N–H and O–H groups in total. The molecule has 0 radical (unpaired) electrons. The molecule has 20 heavy (non-hydrogen) atoms. The van der Waals surface area contributed by atoms with Crippen LogP contribution in [0.2, 0.25) is 0 Å². The van der Waals surface area contributed by atoms with Gasteiger partial charge in [-0.15, -0.1) is 0 Å². The second-order valence-corrected chi connectivity index (χ2v) is 6.15. The Morgan fingerprint density at radius 1 is 1.45 bits per heavy atom. The van der Waals surface area contributed by atoms with E-state index >= 15 is 0 Å². The second-order valence-electron chi connectivity index (χ2n) is 4.31. The topological polar surface area (TPSA) is 124 Å². The molecule has 1 fully saturated rings. The van der Waals surface area contributed by atoms with Gasteiger partial charge in [-0.1, -0.05) is 0 Å². The fraction of sp³-hybridized carbons (Fsp3) is 0.300. The summed E-state index contributed by atoms with van der Waals surface area (Å²) in [5.41, 5.74) is -0.749. The molecule has 10 heteroatoms. The highest BCUT2D eigenvalue weighted by Gasteiger charge is 2.39. The average molecular weight is 303 g/mol. The standard InChI is InChI=1S/C10H10FN3O5S/c11-6-1-2-8(14(16)17)9(3-6)13-5-7(4-10(13)15)20(12,18)19/h1-3,7H,4-5H2,(H2,12,18,19). The minimum absolute atomic E-state index is 0.272. The van der Waals surface area contributed by atoms with Crippen LogP contribution >= 0.6 is 0 Å². The van der Waals surface area contributed by atoms with Crippen molar-refractivity contribution < 1.29 is 22.5 Å². The van der Waals surface area contributed by atoms with E-state index in [1.165, 1.54) is 0 Å². The molecule has 0 bridgehead atoms. The average Bonchev–Trinajstić information content (AvgIpc) is 2.70. The van der Waals surface area contributed by atoms with Crippen LogP contribution in [0.5, 0.6) is 0 Å². The van der Waals surface area contributed by atoms with Crippen molar-refractivity contribution in [1.29, 1.82) is 0 Å². The molecule has 8 nitrogen and oxygen atoms in total. The summed E-state index contributed by atoms with van der Waals surface area (Å²) in [5, 5.41) is 14.7. The van der Waals surface area contributed by atoms with Crippen LogP contribution in [0.1, 0.15) is 6.42 Å². The summed E-state index contributed by atoms with van der Waals surface area (Å²) in [5.74, 6) is -1.42. The number of nitro groups is 1. The highest BCUT2D eigenvalue weighted by molar-refractivity contribution is 7.89. The van der Waals surface area contributed by atoms with Gasteiger partial charge in [0.05, 0.1) is 4.92 Å². The monoisotopic (exact) mass is 303 g/mol. The smallest absolute Gasteiger partial charge is 0.293 e. The maximum absolute atomic E-state index is 13.2. The van der Waals surface area contributed by atoms with Gasteiger partial charge in [0, 0.05) is 25.1 Å². The summed E-state index contributed by atoms with van der Waals surface area (Å²) in [6.07, 6.45) is -0.382. The number of hydrogen-bond donors (Lipinski definition) is 1. The zero-order valence-electron chi connectivity index (χ0n) is 10.0. The van der Waals surface area contributed by atoms with Crippen LogP contribution in [-0.4, -0.2) is 31.0 Å². The van der Waals surface area contributed by atoms with E-state index in [1.54, 1.807) is 0 Å². The Kier molecular flexibility index (Phi) is 3.44. The van der Waals surface area contributed by atoms with Crippen molar-refractivity contribution in [2.45, 2.75) is 11.7 Å². The van der Waals surface area contributed by atoms with E-state index < -0.39 is 37.6 Å². The number of nitrogens with two attached hydrogens (primary N) is 1. The minimum atomic E-state index is -3.95. The fourth-order valence-electron chi connectivity index (χ4n) is 1.99. The van der Waals surface area contributed by atoms with Gasteiger partial charge >= 0.3 is 0 Å². The first-order chi connectivity index (χ1) is 9.20. The Labute approximate surface area is 113 Å². The third kappa shape index (κ3) is 2.60. The maximum atomic E-state index is 13.2. The summed E-state index contributed by atoms with van der Waals surface area (Å²) in [7, 11) is -3.95. The van der Waals surface area contributed by atoms with Crippen molar-refractivity contribution in [3.63, 3.8) is 0 Å². The Hall–Kier alpha value is -2.07. The number of nitro benzene ring substituents is 1. The molecule has 1 atom stereocenters. The molecule has 1 amide bonds. The van der Waals surface area contributed by atoms with E-state index in [0.717, 1.165) is 23.1 Å². The Morgan fingerprint density at radius 3 is 2.60 bits per heavy atom. The predicted octanol–water partition coefficient (Wildman–Crippen LogP) is 0.128. The lowest BCUT2D eigenvalue weighted by molar-refractivity contribution is -0.384. The van der Waals surface area contributed by atoms with Crippen molar-refractivity contribution in [1.82, 2.24) is 0 Å². The number of hydrogen-bond acceptors (Lipinski definition) is 5. The zero-order chi connectivity index (χ0) is 15.1. The van der Waals surface area contributed by atoms with Gasteiger partial charge in [0.1, 0.15) is 16.8 Å². The zero-order valence-corrected chi connectivity index (χ0v) is 10.8. The number of halogens is 1. The minimum Gasteiger partial charge on any atom is -0.305 e. The Bertz CT molecular complexity index is 690. The lowest BCUT2D eigenvalue weighted by atomic mass is 10.2. The first kappa shape index (κ1) is 14.3. The summed E-state index contributed by atoms with van der Waals surface area (Å²) in [6, 6.07) is 2.63. The third-order valence-corrected chi connectivity index (χ3v) is 4.22. The van der Waals surface area contributed by atoms with Crippen LogP contribution in [0, 0.1) is 15.9 Å². The first-order valence-electron chi connectivity index (χ1n) is 5.46. The maximum Gasteiger partial charge on any atom is 0.293 e. The predicted molar refractivity (Wildman–Crippen MR) is 66.9 cm³/mol. The van der Waals surface area contributed by atoms with Crippen LogP contribution in [0.25, 0.3) is 0 Å². The first-order valence-corrected chi connectivity index (χ1v) is 7.07. The van der Waals surface area contributed by atoms with E-state index in [9.17, 15) is 27.7 Å². The Morgan fingerprint density at radius 2 is 2.10 bits per heavy atom. The van der Waals surface area contributed by atoms with Crippen LogP contribution in [0.4, 0.5) is 15.8 Å². The molecular weight excluding hydrogens is 293 g/mol. The van der Waals surface area contributed by atoms with Crippen molar-refractivity contribution >= 4 is 27.3 Å². The number of carbonyl (C=O) groups excluding carboxylic acids is 1. The number of benzene rings is 1. The van der Waals surface area contributed by atoms with Crippen molar-refractivity contribution in [2.24, 2.45) is 5.14 Å². The summed E-state index contributed by atoms with van der Waals surface area (Å²) in [4.78, 5) is 22.8. The molecule has 1 saturated heterocycles. The van der Waals surface area contributed by atoms with Gasteiger partial charge in [-0.2, -0.15) is 0 Å². The molecule has 1 aromatic rings. The van der Waals surface area contributed by atoms with Gasteiger partial charge < -0.3 is 4.90 Å². The summed E-state index contributed by atoms with van der Waals surface area (Å²) in [6.45, 7) is -0.331. The van der Waals surface area contributed by atoms with Crippen LogP contribution in [0.3, 0.4) is 0 Å². The SMILES string of the molecule is NS(=O)(=O)C1CC(=O)N(c2cc(F)ccc2[N+](=O)[O-])C1. The molecule has 2 rings (SSSR count). The van der Waals surface area contributed by atoms with Crippen LogP contribution in [-0.2, 0) is 14.8 Å². The molecule has 108 valence electrons. The van der Waals surface area contributed by atoms with Gasteiger partial charge in [0.15, 0.2) is 0 Å². The van der Waals surface area contributed by atoms with Crippen LogP contribution < -0.4 is 10.0 Å². The van der Waals surface area contributed by atoms with E-state index in [-0.39, 0.29) is 18.7 Å². The van der Waals surface area contributed by atoms with Gasteiger partial charge in [0.2, 0.25) is 15.9 Å². The van der Waals surface area contributed by atoms with E-state index in [2.05, 4.69) is 0 Å². The number of amides is 1. The van der Waals surface area contributed by atoms with E-state index in [1.807, 2.05) is 0 Å². The lowest BCUT2D eigenvalue weighted by Gasteiger charge is -2.16. The molecule has 1 heterocycles. The van der Waals surface area contributed by atoms with E-state index in [4.69, 9.17) is 5.14 Å². The second kappa shape index (κ2) is 4.80. The number of anilines is 1. The number of primary sulfonamides is 1. The molecule has 1 unspecified atom stereocenters. The highest BCUT2D eigenvalue weighted by Crippen LogP contribution is 2.32. The highest BCUT2D eigenvalue weighted by atomic mass is 32.2. The van der Waals surface area contributed by atoms with Crippen molar-refractivity contribution in [3.05, 3.63) is 34.1 Å². The largest absolute Gasteiger partial charge is 0.305 e. The van der Waals surface area contributed by atoms with Crippen molar-refractivity contribution in [2.75, 3.05) is 11.4 Å². The van der Waals surface area contributed by atoms with Gasteiger partial charge in [-0.3, -0.25) is 14.9 Å². The number of sulfonamides is 1. The van der Waals surface area contributed by atoms with Gasteiger partial charge in [0.25, 0.3) is 5.69 Å². The third-order valence-electron chi connectivity index (χ3n) is 2.98. The molecule has 0 spiro atoms. The van der Waals surface area contributed by atoms with Crippen LogP contribution in [0.15, 0.2) is 18.2 Å².